The fourth-order valence-corrected chi connectivity index (χ4v) is 8.01. The van der Waals surface area contributed by atoms with Crippen molar-refractivity contribution >= 4 is 74.3 Å². The number of rotatable bonds is 11. The first-order valence-corrected chi connectivity index (χ1v) is 17.5. The van der Waals surface area contributed by atoms with Crippen LogP contribution in [0.25, 0.3) is 10.9 Å². The van der Waals surface area contributed by atoms with Crippen molar-refractivity contribution in [2.24, 2.45) is 5.16 Å². The van der Waals surface area contributed by atoms with Crippen LogP contribution < -0.4 is 21.4 Å². The van der Waals surface area contributed by atoms with Crippen molar-refractivity contribution in [1.82, 2.24) is 24.7 Å². The Hall–Kier alpha value is -5.15. The predicted octanol–water partition coefficient (Wildman–Crippen LogP) is 0.986. The average Bonchev–Trinajstić information content (AvgIpc) is 3.55. The zero-order valence-electron chi connectivity index (χ0n) is 27.6. The van der Waals surface area contributed by atoms with Crippen molar-refractivity contribution in [1.29, 1.82) is 0 Å². The topological polar surface area (TPSA) is 202 Å². The van der Waals surface area contributed by atoms with Gasteiger partial charge in [0.15, 0.2) is 16.7 Å². The number of β-lactam (4-membered cyclic amide) rings is 1. The molecule has 2 amide bonds. The lowest BCUT2D eigenvalue weighted by Gasteiger charge is -2.49. The summed E-state index contributed by atoms with van der Waals surface area (Å²) in [5.41, 5.74) is 2.53. The Labute approximate surface area is 300 Å². The van der Waals surface area contributed by atoms with Gasteiger partial charge >= 0.3 is 11.9 Å². The number of hydrogen-bond acceptors (Lipinski definition) is 14. The van der Waals surface area contributed by atoms with Crippen LogP contribution in [0.2, 0.25) is 0 Å². The number of aryl methyl sites for hydroxylation is 1. The molecule has 3 aliphatic heterocycles. The van der Waals surface area contributed by atoms with Gasteiger partial charge in [-0.1, -0.05) is 5.16 Å². The molecule has 2 atom stereocenters. The minimum atomic E-state index is -1.52. The first-order valence-electron chi connectivity index (χ1n) is 15.6. The van der Waals surface area contributed by atoms with Gasteiger partial charge in [-0.15, -0.1) is 23.1 Å². The number of carboxylic acid groups (broad SMARTS) is 1. The highest BCUT2D eigenvalue weighted by Gasteiger charge is 2.54. The number of nitrogens with one attached hydrogen (secondary N) is 1. The normalized spacial score (nSPS) is 19.4. The molecular weight excluding hydrogens is 734 g/mol. The molecule has 0 saturated carbocycles. The standard InChI is InChI=1S/C31H31F3N8O8S2/c1-39-5-7-40(8-6-39)24-17(33)9-15-23(19(24)34)41(4-3-32)10-16(25(15)43)30(48)50-11-14-12-51-28-21(27(45)42(28)22(14)29(46)47)37-26(44)20(38-49-2)18-13-52-31(35)36-18/h9-10,13,21,28H,3-8,11-12H2,1-2H3,(H2,35,36)(H,37,44)(H,46,47)/t21-,28-/m1/s1. The number of likely N-dealkylation sites (N-methyl/N-ethyl adjacent to an activating group) is 1. The lowest BCUT2D eigenvalue weighted by molar-refractivity contribution is -0.150. The Morgan fingerprint density at radius 1 is 1.19 bits per heavy atom. The molecule has 5 heterocycles. The van der Waals surface area contributed by atoms with Crippen molar-refractivity contribution in [2.45, 2.75) is 18.0 Å². The molecule has 52 heavy (non-hydrogen) atoms. The Morgan fingerprint density at radius 3 is 2.56 bits per heavy atom. The van der Waals surface area contributed by atoms with Crippen LogP contribution in [0.1, 0.15) is 16.1 Å². The minimum Gasteiger partial charge on any atom is -0.477 e. The van der Waals surface area contributed by atoms with E-state index in [0.29, 0.717) is 26.2 Å². The first kappa shape index (κ1) is 36.6. The third-order valence-electron chi connectivity index (χ3n) is 8.67. The Kier molecular flexibility index (Phi) is 10.5. The van der Waals surface area contributed by atoms with Crippen LogP contribution in [0.15, 0.2) is 38.9 Å². The summed E-state index contributed by atoms with van der Waals surface area (Å²) in [4.78, 5) is 78.4. The van der Waals surface area contributed by atoms with Crippen molar-refractivity contribution < 1.29 is 47.0 Å². The maximum Gasteiger partial charge on any atom is 0.352 e. The Balaban J connectivity index is 1.22. The van der Waals surface area contributed by atoms with Crippen LogP contribution in [0.4, 0.5) is 24.0 Å². The van der Waals surface area contributed by atoms with E-state index in [1.807, 2.05) is 11.9 Å². The number of nitrogens with zero attached hydrogens (tertiary/aromatic N) is 6. The zero-order chi connectivity index (χ0) is 37.4. The molecule has 0 bridgehead atoms. The van der Waals surface area contributed by atoms with Crippen molar-refractivity contribution in [2.75, 3.05) is 70.0 Å². The molecule has 2 saturated heterocycles. The number of carboxylic acids is 1. The van der Waals surface area contributed by atoms with Crippen molar-refractivity contribution in [3.63, 3.8) is 0 Å². The minimum absolute atomic E-state index is 0.00131. The number of carbonyl (C=O) groups is 4. The third kappa shape index (κ3) is 6.65. The highest BCUT2D eigenvalue weighted by molar-refractivity contribution is 8.00. The highest BCUT2D eigenvalue weighted by Crippen LogP contribution is 2.40. The largest absolute Gasteiger partial charge is 0.477 e. The number of amides is 2. The van der Waals surface area contributed by atoms with Crippen LogP contribution in [-0.2, 0) is 30.5 Å². The van der Waals surface area contributed by atoms with E-state index in [4.69, 9.17) is 15.3 Å². The second-order valence-electron chi connectivity index (χ2n) is 11.8. The van der Waals surface area contributed by atoms with Gasteiger partial charge in [-0.3, -0.25) is 19.3 Å². The number of halogens is 3. The molecule has 16 nitrogen and oxygen atoms in total. The summed E-state index contributed by atoms with van der Waals surface area (Å²) < 4.78 is 51.3. The van der Waals surface area contributed by atoms with Crippen LogP contribution >= 0.6 is 23.1 Å². The van der Waals surface area contributed by atoms with E-state index in [1.165, 1.54) is 17.4 Å². The Morgan fingerprint density at radius 2 is 1.92 bits per heavy atom. The molecule has 2 aromatic heterocycles. The summed E-state index contributed by atoms with van der Waals surface area (Å²) in [5.74, 6) is -6.54. The Bertz CT molecular complexity index is 2100. The number of anilines is 2. The van der Waals surface area contributed by atoms with Crippen LogP contribution in [0, 0.1) is 11.6 Å². The summed E-state index contributed by atoms with van der Waals surface area (Å²) >= 11 is 2.12. The number of piperazine rings is 1. The number of ether oxygens (including phenoxy) is 1. The van der Waals surface area contributed by atoms with Gasteiger partial charge in [-0.2, -0.15) is 0 Å². The summed E-state index contributed by atoms with van der Waals surface area (Å²) in [7, 11) is 3.08. The van der Waals surface area contributed by atoms with Gasteiger partial charge in [0.25, 0.3) is 11.8 Å². The van der Waals surface area contributed by atoms with E-state index in [-0.39, 0.29) is 39.1 Å². The van der Waals surface area contributed by atoms with Crippen LogP contribution in [-0.4, -0.2) is 125 Å². The molecule has 3 aliphatic rings. The quantitative estimate of drug-likeness (QED) is 0.108. The van der Waals surface area contributed by atoms with E-state index in [1.54, 1.807) is 0 Å². The summed E-state index contributed by atoms with van der Waals surface area (Å²) in [6.45, 7) is -0.459. The van der Waals surface area contributed by atoms with E-state index in [0.717, 1.165) is 44.8 Å². The predicted molar refractivity (Wildman–Crippen MR) is 184 cm³/mol. The van der Waals surface area contributed by atoms with Crippen molar-refractivity contribution in [3.8, 4) is 0 Å². The molecule has 6 rings (SSSR count). The number of thioether (sulfide) groups is 1. The lowest BCUT2D eigenvalue weighted by Crippen LogP contribution is -2.71. The zero-order valence-corrected chi connectivity index (χ0v) is 29.2. The fourth-order valence-electron chi connectivity index (χ4n) is 6.14. The van der Waals surface area contributed by atoms with Crippen LogP contribution in [0.3, 0.4) is 0 Å². The number of carbonyl (C=O) groups excluding carboxylic acids is 3. The molecule has 276 valence electrons. The summed E-state index contributed by atoms with van der Waals surface area (Å²) in [6, 6.07) is -0.345. The molecule has 0 unspecified atom stereocenters. The van der Waals surface area contributed by atoms with Gasteiger partial charge in [0.2, 0.25) is 5.43 Å². The molecule has 0 radical (unpaired) electrons. The summed E-state index contributed by atoms with van der Waals surface area (Å²) in [6.07, 6.45) is 0.923. The number of fused-ring (bicyclic) bond motifs is 2. The number of alkyl halides is 1. The average molecular weight is 765 g/mol. The maximum atomic E-state index is 15.9. The number of aliphatic carboxylic acids is 1. The van der Waals surface area contributed by atoms with Gasteiger partial charge in [-0.05, 0) is 13.1 Å². The van der Waals surface area contributed by atoms with Gasteiger partial charge in [0.05, 0.1) is 17.4 Å². The van der Waals surface area contributed by atoms with E-state index in [2.05, 4.69) is 15.5 Å². The number of thiazole rings is 1. The van der Waals surface area contributed by atoms with Gasteiger partial charge < -0.3 is 40.1 Å². The van der Waals surface area contributed by atoms with Gasteiger partial charge in [0.1, 0.15) is 60.3 Å². The number of oxime groups is 1. The van der Waals surface area contributed by atoms with Gasteiger partial charge in [0, 0.05) is 49.1 Å². The van der Waals surface area contributed by atoms with E-state index >= 15 is 8.78 Å². The molecule has 0 spiro atoms. The molecule has 21 heteroatoms. The molecule has 0 aliphatic carbocycles. The number of hydrogen-bond donors (Lipinski definition) is 3. The molecule has 1 aromatic carbocycles. The number of nitrogens with two attached hydrogens (primary N) is 1. The van der Waals surface area contributed by atoms with E-state index < -0.39 is 88.7 Å². The molecule has 3 aromatic rings. The first-order chi connectivity index (χ1) is 24.9. The highest BCUT2D eigenvalue weighted by atomic mass is 32.2. The number of esters is 1. The number of benzene rings is 1. The number of nitrogen functional groups attached to an aromatic ring is 1. The molecular formula is C31H31F3N8O8S2. The summed E-state index contributed by atoms with van der Waals surface area (Å²) in [5, 5.41) is 16.5. The molecule has 4 N–H and O–H groups in total. The fraction of sp³-hybridized carbons (Fsp3) is 0.387. The second kappa shape index (κ2) is 14.8. The second-order valence-corrected chi connectivity index (χ2v) is 13.8. The smallest absolute Gasteiger partial charge is 0.352 e. The third-order valence-corrected chi connectivity index (χ3v) is 10.7. The maximum absolute atomic E-state index is 15.9. The molecule has 2 fully saturated rings. The SMILES string of the molecule is CON=C(C(=O)N[C@@H]1C(=O)N2C(C(=O)O)=C(COC(=O)c3cn(CCF)c4c(F)c(N5CCN(C)CC5)c(F)cc4c3=O)CS[C@H]12)c1csc(N)n1. The van der Waals surface area contributed by atoms with Gasteiger partial charge in [-0.25, -0.2) is 27.7 Å². The lowest BCUT2D eigenvalue weighted by atomic mass is 10.0. The van der Waals surface area contributed by atoms with Crippen molar-refractivity contribution in [3.05, 3.63) is 62.0 Å². The number of pyridine rings is 1. The monoisotopic (exact) mass is 764 g/mol. The van der Waals surface area contributed by atoms with E-state index in [9.17, 15) is 33.5 Å². The van der Waals surface area contributed by atoms with Crippen LogP contribution in [0.5, 0.6) is 0 Å². The number of aromatic nitrogens is 2.